The molecule has 0 saturated heterocycles. The van der Waals surface area contributed by atoms with Gasteiger partial charge in [-0.05, 0) is 61.2 Å². The van der Waals surface area contributed by atoms with Gasteiger partial charge in [0.1, 0.15) is 23.1 Å². The first-order chi connectivity index (χ1) is 18.2. The number of aryl methyl sites for hydroxylation is 2. The maximum atomic E-state index is 12.3. The molecule has 0 spiro atoms. The molecule has 0 aliphatic heterocycles. The summed E-state index contributed by atoms with van der Waals surface area (Å²) < 4.78 is 18.6. The van der Waals surface area contributed by atoms with Gasteiger partial charge in [-0.1, -0.05) is 30.3 Å². The fourth-order valence-electron chi connectivity index (χ4n) is 4.28. The minimum absolute atomic E-state index is 0.0229. The predicted molar refractivity (Wildman–Crippen MR) is 145 cm³/mol. The van der Waals surface area contributed by atoms with Gasteiger partial charge in [-0.3, -0.25) is 4.79 Å². The summed E-state index contributed by atoms with van der Waals surface area (Å²) in [7, 11) is 3.29. The molecule has 4 rings (SSSR count). The number of hydrogen-bond donors (Lipinski definition) is 1. The fraction of sp³-hybridized carbons (Fsp3) is 0.333. The first-order valence-corrected chi connectivity index (χ1v) is 12.8. The van der Waals surface area contributed by atoms with Gasteiger partial charge in [0.25, 0.3) is 0 Å². The van der Waals surface area contributed by atoms with Gasteiger partial charge < -0.3 is 24.1 Å². The van der Waals surface area contributed by atoms with Crippen molar-refractivity contribution in [3.8, 4) is 17.2 Å². The molecule has 1 heterocycles. The number of methoxy groups -OCH3 is 2. The SMILES string of the molecule is COc1ccc(CC(=O)NCCCc2nc3ccccc3n2CCCCOc2cccc(OC)c2)cc1. The van der Waals surface area contributed by atoms with Crippen LogP contribution in [0, 0.1) is 0 Å². The van der Waals surface area contributed by atoms with E-state index in [4.69, 9.17) is 19.2 Å². The zero-order valence-electron chi connectivity index (χ0n) is 21.6. The van der Waals surface area contributed by atoms with E-state index in [-0.39, 0.29) is 5.91 Å². The molecule has 3 aromatic carbocycles. The fourth-order valence-corrected chi connectivity index (χ4v) is 4.28. The zero-order valence-corrected chi connectivity index (χ0v) is 21.6. The van der Waals surface area contributed by atoms with E-state index in [1.807, 2.05) is 54.6 Å². The van der Waals surface area contributed by atoms with Crippen LogP contribution in [0.5, 0.6) is 17.2 Å². The molecule has 0 radical (unpaired) electrons. The number of para-hydroxylation sites is 2. The summed E-state index contributed by atoms with van der Waals surface area (Å²) in [4.78, 5) is 17.2. The average molecular weight is 502 g/mol. The Balaban J connectivity index is 1.24. The number of nitrogens with zero attached hydrogens (tertiary/aromatic N) is 2. The first-order valence-electron chi connectivity index (χ1n) is 12.8. The van der Waals surface area contributed by atoms with Crippen LogP contribution in [0.1, 0.15) is 30.7 Å². The number of unbranched alkanes of at least 4 members (excludes halogenated alkanes) is 1. The highest BCUT2D eigenvalue weighted by Gasteiger charge is 2.11. The third kappa shape index (κ3) is 7.49. The molecule has 0 atom stereocenters. The molecule has 1 aromatic heterocycles. The van der Waals surface area contributed by atoms with E-state index in [1.54, 1.807) is 14.2 Å². The minimum atomic E-state index is 0.0229. The van der Waals surface area contributed by atoms with E-state index in [1.165, 1.54) is 0 Å². The van der Waals surface area contributed by atoms with Crippen LogP contribution in [0.4, 0.5) is 0 Å². The Labute approximate surface area is 218 Å². The zero-order chi connectivity index (χ0) is 25.9. The van der Waals surface area contributed by atoms with Gasteiger partial charge in [0, 0.05) is 25.6 Å². The van der Waals surface area contributed by atoms with E-state index >= 15 is 0 Å². The van der Waals surface area contributed by atoms with Crippen LogP contribution in [-0.2, 0) is 24.2 Å². The maximum Gasteiger partial charge on any atom is 0.224 e. The lowest BCUT2D eigenvalue weighted by Crippen LogP contribution is -2.26. The van der Waals surface area contributed by atoms with Crippen molar-refractivity contribution < 1.29 is 19.0 Å². The second kappa shape index (κ2) is 13.3. The van der Waals surface area contributed by atoms with Crippen molar-refractivity contribution in [3.63, 3.8) is 0 Å². The molecule has 1 N–H and O–H groups in total. The molecule has 0 aliphatic carbocycles. The molecule has 0 aliphatic rings. The highest BCUT2D eigenvalue weighted by atomic mass is 16.5. The molecule has 0 saturated carbocycles. The molecule has 194 valence electrons. The third-order valence-electron chi connectivity index (χ3n) is 6.24. The van der Waals surface area contributed by atoms with Gasteiger partial charge in [0.15, 0.2) is 0 Å². The van der Waals surface area contributed by atoms with E-state index in [9.17, 15) is 4.79 Å². The minimum Gasteiger partial charge on any atom is -0.497 e. The monoisotopic (exact) mass is 501 g/mol. The molecule has 0 bridgehead atoms. The third-order valence-corrected chi connectivity index (χ3v) is 6.24. The normalized spacial score (nSPS) is 10.9. The number of benzene rings is 3. The van der Waals surface area contributed by atoms with Crippen molar-refractivity contribution in [2.24, 2.45) is 0 Å². The standard InChI is InChI=1S/C30H35N3O4/c1-35-24-16-14-23(15-17-24)21-30(34)31-18-8-13-29-32-27-11-3-4-12-28(27)33(29)19-5-6-20-37-26-10-7-9-25(22-26)36-2/h3-4,7,9-12,14-17,22H,5-6,8,13,18-21H2,1-2H3,(H,31,34). The quantitative estimate of drug-likeness (QED) is 0.240. The lowest BCUT2D eigenvalue weighted by Gasteiger charge is -2.11. The van der Waals surface area contributed by atoms with Gasteiger partial charge in [0.2, 0.25) is 5.91 Å². The lowest BCUT2D eigenvalue weighted by molar-refractivity contribution is -0.120. The molecule has 4 aromatic rings. The summed E-state index contributed by atoms with van der Waals surface area (Å²) in [5.74, 6) is 3.48. The summed E-state index contributed by atoms with van der Waals surface area (Å²) in [6, 6.07) is 23.5. The number of imidazole rings is 1. The highest BCUT2D eigenvalue weighted by molar-refractivity contribution is 5.78. The number of carbonyl (C=O) groups is 1. The Morgan fingerprint density at radius 3 is 2.46 bits per heavy atom. The Morgan fingerprint density at radius 1 is 0.865 bits per heavy atom. The van der Waals surface area contributed by atoms with Crippen LogP contribution in [-0.4, -0.2) is 42.8 Å². The van der Waals surface area contributed by atoms with Crippen molar-refractivity contribution in [2.45, 2.75) is 38.6 Å². The number of nitrogens with one attached hydrogen (secondary N) is 1. The molecule has 0 unspecified atom stereocenters. The molecule has 7 nitrogen and oxygen atoms in total. The average Bonchev–Trinajstić information content (AvgIpc) is 3.28. The van der Waals surface area contributed by atoms with Crippen LogP contribution < -0.4 is 19.5 Å². The van der Waals surface area contributed by atoms with Gasteiger partial charge in [-0.15, -0.1) is 0 Å². The molecule has 0 fully saturated rings. The number of rotatable bonds is 14. The summed E-state index contributed by atoms with van der Waals surface area (Å²) in [5, 5.41) is 3.03. The second-order valence-corrected chi connectivity index (χ2v) is 8.88. The maximum absolute atomic E-state index is 12.3. The molecule has 7 heteroatoms. The first kappa shape index (κ1) is 26.1. The summed E-state index contributed by atoms with van der Waals surface area (Å²) in [5.41, 5.74) is 3.12. The van der Waals surface area contributed by atoms with Gasteiger partial charge >= 0.3 is 0 Å². The van der Waals surface area contributed by atoms with Crippen LogP contribution in [0.15, 0.2) is 72.8 Å². The summed E-state index contributed by atoms with van der Waals surface area (Å²) in [6.45, 7) is 2.14. The number of aromatic nitrogens is 2. The number of fused-ring (bicyclic) bond motifs is 1. The number of ether oxygens (including phenoxy) is 3. The van der Waals surface area contributed by atoms with Crippen molar-refractivity contribution >= 4 is 16.9 Å². The second-order valence-electron chi connectivity index (χ2n) is 8.88. The Bertz CT molecular complexity index is 1280. The van der Waals surface area contributed by atoms with E-state index < -0.39 is 0 Å². The van der Waals surface area contributed by atoms with Gasteiger partial charge in [-0.25, -0.2) is 4.98 Å². The number of hydrogen-bond acceptors (Lipinski definition) is 5. The topological polar surface area (TPSA) is 74.6 Å². The number of amides is 1. The van der Waals surface area contributed by atoms with Gasteiger partial charge in [-0.2, -0.15) is 0 Å². The Morgan fingerprint density at radius 2 is 1.65 bits per heavy atom. The van der Waals surface area contributed by atoms with Crippen LogP contribution in [0.3, 0.4) is 0 Å². The van der Waals surface area contributed by atoms with Crippen molar-refractivity contribution in [3.05, 3.63) is 84.2 Å². The van der Waals surface area contributed by atoms with Crippen molar-refractivity contribution in [1.29, 1.82) is 0 Å². The molecule has 1 amide bonds. The van der Waals surface area contributed by atoms with Crippen LogP contribution >= 0.6 is 0 Å². The number of carbonyl (C=O) groups excluding carboxylic acids is 1. The Hall–Kier alpha value is -4.00. The Kier molecular flexibility index (Phi) is 9.41. The van der Waals surface area contributed by atoms with E-state index in [2.05, 4.69) is 28.1 Å². The summed E-state index contributed by atoms with van der Waals surface area (Å²) >= 11 is 0. The van der Waals surface area contributed by atoms with Crippen molar-refractivity contribution in [1.82, 2.24) is 14.9 Å². The van der Waals surface area contributed by atoms with Crippen molar-refractivity contribution in [2.75, 3.05) is 27.4 Å². The molecular weight excluding hydrogens is 466 g/mol. The van der Waals surface area contributed by atoms with Crippen LogP contribution in [0.25, 0.3) is 11.0 Å². The molecular formula is C30H35N3O4. The van der Waals surface area contributed by atoms with E-state index in [0.717, 1.165) is 71.9 Å². The highest BCUT2D eigenvalue weighted by Crippen LogP contribution is 2.20. The largest absolute Gasteiger partial charge is 0.497 e. The predicted octanol–water partition coefficient (Wildman–Crippen LogP) is 5.20. The molecule has 37 heavy (non-hydrogen) atoms. The van der Waals surface area contributed by atoms with E-state index in [0.29, 0.717) is 19.6 Å². The summed E-state index contributed by atoms with van der Waals surface area (Å²) in [6.07, 6.45) is 3.91. The van der Waals surface area contributed by atoms with Crippen LogP contribution in [0.2, 0.25) is 0 Å². The smallest absolute Gasteiger partial charge is 0.224 e. The van der Waals surface area contributed by atoms with Gasteiger partial charge in [0.05, 0.1) is 38.3 Å². The lowest BCUT2D eigenvalue weighted by atomic mass is 10.1.